The molecule has 0 aromatic carbocycles. The molecule has 2 rings (SSSR count). The van der Waals surface area contributed by atoms with Gasteiger partial charge in [-0.05, 0) is 32.9 Å². The fourth-order valence-electron chi connectivity index (χ4n) is 2.53. The maximum Gasteiger partial charge on any atom is 0.203 e. The molecular formula is C13H24N4O. The van der Waals surface area contributed by atoms with E-state index in [0.717, 1.165) is 32.1 Å². The Bertz CT molecular complexity index is 353. The number of nitrogens with one attached hydrogen (secondary N) is 1. The van der Waals surface area contributed by atoms with Gasteiger partial charge in [-0.3, -0.25) is 0 Å². The fraction of sp³-hybridized carbons (Fsp3) is 0.769. The summed E-state index contributed by atoms with van der Waals surface area (Å²) >= 11 is 0. The number of likely N-dealkylation sites (N-methyl/N-ethyl adjacent to an activating group) is 1. The first-order valence-electron chi connectivity index (χ1n) is 6.75. The number of hydrogen-bond donors (Lipinski definition) is 1. The minimum Gasteiger partial charge on any atom is -0.385 e. The first kappa shape index (κ1) is 13.4. The molecule has 0 spiro atoms. The summed E-state index contributed by atoms with van der Waals surface area (Å²) in [5.41, 5.74) is 0. The number of imidazole rings is 1. The fourth-order valence-corrected chi connectivity index (χ4v) is 2.53. The molecule has 1 aromatic heterocycles. The molecule has 0 aliphatic carbocycles. The molecule has 18 heavy (non-hydrogen) atoms. The van der Waals surface area contributed by atoms with Crippen LogP contribution >= 0.6 is 0 Å². The highest BCUT2D eigenvalue weighted by atomic mass is 16.5. The molecule has 1 saturated heterocycles. The van der Waals surface area contributed by atoms with Gasteiger partial charge in [-0.25, -0.2) is 4.98 Å². The number of rotatable bonds is 6. The zero-order chi connectivity index (χ0) is 12.8. The molecule has 2 heterocycles. The number of ether oxygens (including phenoxy) is 1. The predicted molar refractivity (Wildman–Crippen MR) is 73.0 cm³/mol. The van der Waals surface area contributed by atoms with Gasteiger partial charge in [-0.2, -0.15) is 0 Å². The summed E-state index contributed by atoms with van der Waals surface area (Å²) in [6.45, 7) is 4.03. The Kier molecular flexibility index (Phi) is 5.01. The van der Waals surface area contributed by atoms with Crippen LogP contribution in [0.1, 0.15) is 25.3 Å². The zero-order valence-electron chi connectivity index (χ0n) is 11.4. The van der Waals surface area contributed by atoms with Crippen LogP contribution < -0.4 is 5.32 Å². The van der Waals surface area contributed by atoms with Crippen LogP contribution in [0.5, 0.6) is 0 Å². The smallest absolute Gasteiger partial charge is 0.203 e. The van der Waals surface area contributed by atoms with Crippen LogP contribution in [0.25, 0.3) is 0 Å². The van der Waals surface area contributed by atoms with Crippen molar-refractivity contribution < 1.29 is 4.74 Å². The Labute approximate surface area is 109 Å². The lowest BCUT2D eigenvalue weighted by molar-refractivity contribution is 0.197. The van der Waals surface area contributed by atoms with Crippen molar-refractivity contribution >= 4 is 5.95 Å². The third-order valence-electron chi connectivity index (χ3n) is 3.47. The van der Waals surface area contributed by atoms with Gasteiger partial charge in [0.05, 0.1) is 0 Å². The molecule has 0 radical (unpaired) electrons. The van der Waals surface area contributed by atoms with Crippen molar-refractivity contribution in [1.82, 2.24) is 14.5 Å². The van der Waals surface area contributed by atoms with Crippen LogP contribution in [-0.2, 0) is 4.74 Å². The van der Waals surface area contributed by atoms with E-state index in [1.807, 2.05) is 6.20 Å². The van der Waals surface area contributed by atoms with Gasteiger partial charge >= 0.3 is 0 Å². The molecule has 1 unspecified atom stereocenters. The minimum absolute atomic E-state index is 0.552. The summed E-state index contributed by atoms with van der Waals surface area (Å²) in [4.78, 5) is 6.80. The van der Waals surface area contributed by atoms with Gasteiger partial charge in [0, 0.05) is 45.2 Å². The third-order valence-corrected chi connectivity index (χ3v) is 3.47. The van der Waals surface area contributed by atoms with Crippen molar-refractivity contribution in [3.63, 3.8) is 0 Å². The average molecular weight is 252 g/mol. The van der Waals surface area contributed by atoms with Gasteiger partial charge in [0.25, 0.3) is 0 Å². The maximum absolute atomic E-state index is 5.05. The molecule has 1 fully saturated rings. The molecule has 5 heteroatoms. The highest BCUT2D eigenvalue weighted by molar-refractivity contribution is 5.26. The van der Waals surface area contributed by atoms with Gasteiger partial charge in [0.2, 0.25) is 5.95 Å². The Hall–Kier alpha value is -1.07. The second kappa shape index (κ2) is 6.75. The van der Waals surface area contributed by atoms with E-state index in [1.165, 1.54) is 19.4 Å². The molecular weight excluding hydrogens is 228 g/mol. The molecule has 0 amide bonds. The lowest BCUT2D eigenvalue weighted by Gasteiger charge is -2.31. The molecule has 1 aliphatic rings. The summed E-state index contributed by atoms with van der Waals surface area (Å²) in [5.74, 6) is 0.992. The number of likely N-dealkylation sites (tertiary alicyclic amines) is 1. The van der Waals surface area contributed by atoms with Gasteiger partial charge in [-0.15, -0.1) is 0 Å². The zero-order valence-corrected chi connectivity index (χ0v) is 11.4. The van der Waals surface area contributed by atoms with E-state index in [0.29, 0.717) is 6.04 Å². The SMILES string of the molecule is COCCCNc1nccn1C1CCCN(C)C1. The van der Waals surface area contributed by atoms with Crippen LogP contribution in [0.3, 0.4) is 0 Å². The van der Waals surface area contributed by atoms with Crippen molar-refractivity contribution in [2.75, 3.05) is 45.7 Å². The van der Waals surface area contributed by atoms with Crippen LogP contribution in [0.2, 0.25) is 0 Å². The molecule has 1 aliphatic heterocycles. The lowest BCUT2D eigenvalue weighted by atomic mass is 10.1. The molecule has 5 nitrogen and oxygen atoms in total. The van der Waals surface area contributed by atoms with Crippen LogP contribution in [-0.4, -0.2) is 54.8 Å². The van der Waals surface area contributed by atoms with E-state index in [4.69, 9.17) is 4.74 Å². The maximum atomic E-state index is 5.05. The summed E-state index contributed by atoms with van der Waals surface area (Å²) in [5, 5.41) is 3.39. The molecule has 102 valence electrons. The summed E-state index contributed by atoms with van der Waals surface area (Å²) in [6.07, 6.45) is 7.49. The van der Waals surface area contributed by atoms with Crippen LogP contribution in [0.4, 0.5) is 5.95 Å². The van der Waals surface area contributed by atoms with Gasteiger partial charge in [-0.1, -0.05) is 0 Å². The van der Waals surface area contributed by atoms with Crippen molar-refractivity contribution in [3.8, 4) is 0 Å². The van der Waals surface area contributed by atoms with Gasteiger partial charge < -0.3 is 19.5 Å². The molecule has 1 aromatic rings. The van der Waals surface area contributed by atoms with Crippen LogP contribution in [0, 0.1) is 0 Å². The predicted octanol–water partition coefficient (Wildman–Crippen LogP) is 1.60. The number of nitrogens with zero attached hydrogens (tertiary/aromatic N) is 3. The Morgan fingerprint density at radius 2 is 2.44 bits per heavy atom. The summed E-state index contributed by atoms with van der Waals surface area (Å²) in [7, 11) is 3.92. The second-order valence-electron chi connectivity index (χ2n) is 4.99. The number of aromatic nitrogens is 2. The topological polar surface area (TPSA) is 42.3 Å². The summed E-state index contributed by atoms with van der Waals surface area (Å²) < 4.78 is 7.33. The quantitative estimate of drug-likeness (QED) is 0.781. The summed E-state index contributed by atoms with van der Waals surface area (Å²) in [6, 6.07) is 0.552. The largest absolute Gasteiger partial charge is 0.385 e. The number of hydrogen-bond acceptors (Lipinski definition) is 4. The van der Waals surface area contributed by atoms with Crippen molar-refractivity contribution in [2.24, 2.45) is 0 Å². The number of piperidine rings is 1. The van der Waals surface area contributed by atoms with E-state index >= 15 is 0 Å². The molecule has 0 bridgehead atoms. The standard InChI is InChI=1S/C13H24N4O/c1-16-8-3-5-12(11-16)17-9-7-15-13(17)14-6-4-10-18-2/h7,9,12H,3-6,8,10-11H2,1-2H3,(H,14,15). The van der Waals surface area contributed by atoms with E-state index in [2.05, 4.69) is 33.0 Å². The van der Waals surface area contributed by atoms with E-state index < -0.39 is 0 Å². The first-order chi connectivity index (χ1) is 8.81. The highest BCUT2D eigenvalue weighted by Crippen LogP contribution is 2.23. The second-order valence-corrected chi connectivity index (χ2v) is 4.99. The number of methoxy groups -OCH3 is 1. The van der Waals surface area contributed by atoms with Crippen molar-refractivity contribution in [1.29, 1.82) is 0 Å². The Morgan fingerprint density at radius 1 is 1.56 bits per heavy atom. The minimum atomic E-state index is 0.552. The van der Waals surface area contributed by atoms with Crippen molar-refractivity contribution in [2.45, 2.75) is 25.3 Å². The third kappa shape index (κ3) is 3.46. The monoisotopic (exact) mass is 252 g/mol. The molecule has 0 saturated carbocycles. The highest BCUT2D eigenvalue weighted by Gasteiger charge is 2.20. The number of anilines is 1. The van der Waals surface area contributed by atoms with Crippen molar-refractivity contribution in [3.05, 3.63) is 12.4 Å². The Balaban J connectivity index is 1.90. The van der Waals surface area contributed by atoms with E-state index in [1.54, 1.807) is 7.11 Å². The van der Waals surface area contributed by atoms with Crippen LogP contribution in [0.15, 0.2) is 12.4 Å². The molecule has 1 atom stereocenters. The van der Waals surface area contributed by atoms with E-state index in [-0.39, 0.29) is 0 Å². The average Bonchev–Trinajstić information content (AvgIpc) is 2.83. The lowest BCUT2D eigenvalue weighted by Crippen LogP contribution is -2.33. The Morgan fingerprint density at radius 3 is 3.22 bits per heavy atom. The molecule has 1 N–H and O–H groups in total. The normalized spacial score (nSPS) is 21.1. The van der Waals surface area contributed by atoms with Gasteiger partial charge in [0.15, 0.2) is 0 Å². The first-order valence-corrected chi connectivity index (χ1v) is 6.75. The van der Waals surface area contributed by atoms with Gasteiger partial charge in [0.1, 0.15) is 0 Å². The van der Waals surface area contributed by atoms with E-state index in [9.17, 15) is 0 Å².